The Bertz CT molecular complexity index is 842. The van der Waals surface area contributed by atoms with Gasteiger partial charge < -0.3 is 4.90 Å². The van der Waals surface area contributed by atoms with Crippen LogP contribution >= 0.6 is 11.3 Å². The number of benzene rings is 1. The van der Waals surface area contributed by atoms with Gasteiger partial charge in [0.1, 0.15) is 5.01 Å². The molecular weight excluding hydrogens is 344 g/mol. The number of sulfone groups is 1. The maximum Gasteiger partial charge on any atom is 0.223 e. The minimum atomic E-state index is -2.93. The van der Waals surface area contributed by atoms with Gasteiger partial charge in [-0.25, -0.2) is 13.4 Å². The third kappa shape index (κ3) is 3.07. The average Bonchev–Trinajstić information content (AvgIpc) is 3.24. The number of nitrogens with zero attached hydrogens (tertiary/aromatic N) is 2. The average molecular weight is 364 g/mol. The van der Waals surface area contributed by atoms with Gasteiger partial charge in [0.2, 0.25) is 5.91 Å². The van der Waals surface area contributed by atoms with E-state index in [9.17, 15) is 13.2 Å². The highest BCUT2D eigenvalue weighted by molar-refractivity contribution is 7.91. The Morgan fingerprint density at radius 1 is 1.29 bits per heavy atom. The Hall–Kier alpha value is -1.47. The second-order valence-electron chi connectivity index (χ2n) is 6.74. The van der Waals surface area contributed by atoms with E-state index in [1.165, 1.54) is 0 Å². The maximum absolute atomic E-state index is 12.7. The Morgan fingerprint density at radius 3 is 2.88 bits per heavy atom. The zero-order valence-corrected chi connectivity index (χ0v) is 15.0. The fourth-order valence-corrected chi connectivity index (χ4v) is 6.73. The van der Waals surface area contributed by atoms with Crippen LogP contribution in [0.5, 0.6) is 0 Å². The summed E-state index contributed by atoms with van der Waals surface area (Å²) in [5, 5.41) is 1.00. The third-order valence-electron chi connectivity index (χ3n) is 4.96. The summed E-state index contributed by atoms with van der Waals surface area (Å²) in [7, 11) is -2.93. The molecule has 1 amide bonds. The topological polar surface area (TPSA) is 67.3 Å². The van der Waals surface area contributed by atoms with Gasteiger partial charge in [-0.05, 0) is 37.3 Å². The Morgan fingerprint density at radius 2 is 2.12 bits per heavy atom. The first-order chi connectivity index (χ1) is 11.5. The van der Waals surface area contributed by atoms with Gasteiger partial charge in [-0.15, -0.1) is 11.3 Å². The van der Waals surface area contributed by atoms with Crippen molar-refractivity contribution >= 4 is 37.3 Å². The van der Waals surface area contributed by atoms with Crippen molar-refractivity contribution in [1.82, 2.24) is 9.88 Å². The molecule has 1 aromatic carbocycles. The molecule has 0 radical (unpaired) electrons. The molecule has 7 heteroatoms. The van der Waals surface area contributed by atoms with E-state index in [1.807, 2.05) is 23.1 Å². The summed E-state index contributed by atoms with van der Waals surface area (Å²) in [5.74, 6) is 0.461. The molecule has 0 saturated carbocycles. The lowest BCUT2D eigenvalue weighted by atomic mass is 10.0. The van der Waals surface area contributed by atoms with Gasteiger partial charge in [0, 0.05) is 13.0 Å². The van der Waals surface area contributed by atoms with Gasteiger partial charge in [-0.1, -0.05) is 12.1 Å². The molecule has 2 aliphatic rings. The van der Waals surface area contributed by atoms with Gasteiger partial charge in [0.05, 0.1) is 27.8 Å². The molecule has 0 bridgehead atoms. The van der Waals surface area contributed by atoms with E-state index < -0.39 is 9.84 Å². The molecule has 0 unspecified atom stereocenters. The van der Waals surface area contributed by atoms with E-state index in [0.29, 0.717) is 12.8 Å². The second-order valence-corrected chi connectivity index (χ2v) is 10.0. The Labute approximate surface area is 145 Å². The lowest BCUT2D eigenvalue weighted by Gasteiger charge is -2.24. The monoisotopic (exact) mass is 364 g/mol. The number of para-hydroxylation sites is 1. The molecular formula is C17H20N2O3S2. The second kappa shape index (κ2) is 6.11. The molecule has 24 heavy (non-hydrogen) atoms. The molecule has 2 fully saturated rings. The molecule has 128 valence electrons. The minimum Gasteiger partial charge on any atom is -0.333 e. The first-order valence-corrected chi connectivity index (χ1v) is 11.0. The highest BCUT2D eigenvalue weighted by Crippen LogP contribution is 2.37. The van der Waals surface area contributed by atoms with Crippen molar-refractivity contribution in [3.8, 4) is 0 Å². The van der Waals surface area contributed by atoms with E-state index in [1.54, 1.807) is 11.3 Å². The van der Waals surface area contributed by atoms with Gasteiger partial charge in [0.15, 0.2) is 9.84 Å². The Balaban J connectivity index is 1.51. The molecule has 3 heterocycles. The maximum atomic E-state index is 12.7. The van der Waals surface area contributed by atoms with Gasteiger partial charge in [0.25, 0.3) is 0 Å². The van der Waals surface area contributed by atoms with Crippen LogP contribution < -0.4 is 0 Å². The predicted octanol–water partition coefficient (Wildman–Crippen LogP) is 2.78. The molecule has 0 N–H and O–H groups in total. The number of fused-ring (bicyclic) bond motifs is 1. The zero-order chi connectivity index (χ0) is 16.7. The normalized spacial score (nSPS) is 26.2. The van der Waals surface area contributed by atoms with Gasteiger partial charge in [-0.3, -0.25) is 4.79 Å². The zero-order valence-electron chi connectivity index (χ0n) is 13.3. The summed E-state index contributed by atoms with van der Waals surface area (Å²) in [4.78, 5) is 19.3. The molecule has 2 aromatic rings. The fraction of sp³-hybridized carbons (Fsp3) is 0.529. The number of carbonyl (C=O) groups is 1. The van der Waals surface area contributed by atoms with E-state index in [4.69, 9.17) is 4.98 Å². The first-order valence-electron chi connectivity index (χ1n) is 8.37. The van der Waals surface area contributed by atoms with E-state index in [-0.39, 0.29) is 29.4 Å². The van der Waals surface area contributed by atoms with Crippen molar-refractivity contribution in [3.63, 3.8) is 0 Å². The van der Waals surface area contributed by atoms with Crippen molar-refractivity contribution < 1.29 is 13.2 Å². The number of aromatic nitrogens is 1. The third-order valence-corrected chi connectivity index (χ3v) is 7.93. The molecule has 1 aromatic heterocycles. The number of rotatable bonds is 3. The van der Waals surface area contributed by atoms with Crippen LogP contribution in [0.4, 0.5) is 0 Å². The lowest BCUT2D eigenvalue weighted by molar-refractivity contribution is -0.133. The summed E-state index contributed by atoms with van der Waals surface area (Å²) in [6.07, 6.45) is 2.89. The van der Waals surface area contributed by atoms with E-state index >= 15 is 0 Å². The fourth-order valence-electron chi connectivity index (χ4n) is 3.75. The van der Waals surface area contributed by atoms with Crippen molar-refractivity contribution in [2.75, 3.05) is 18.1 Å². The molecule has 4 rings (SSSR count). The largest absolute Gasteiger partial charge is 0.333 e. The summed E-state index contributed by atoms with van der Waals surface area (Å²) < 4.78 is 24.3. The van der Waals surface area contributed by atoms with Crippen LogP contribution in [-0.2, 0) is 14.6 Å². The van der Waals surface area contributed by atoms with Crippen LogP contribution in [0.3, 0.4) is 0 Å². The van der Waals surface area contributed by atoms with Crippen LogP contribution in [0.25, 0.3) is 10.2 Å². The molecule has 5 nitrogen and oxygen atoms in total. The predicted molar refractivity (Wildman–Crippen MR) is 94.7 cm³/mol. The van der Waals surface area contributed by atoms with Crippen LogP contribution in [0.1, 0.15) is 36.7 Å². The molecule has 0 spiro atoms. The van der Waals surface area contributed by atoms with Gasteiger partial charge >= 0.3 is 0 Å². The smallest absolute Gasteiger partial charge is 0.223 e. The highest BCUT2D eigenvalue weighted by Gasteiger charge is 2.35. The quantitative estimate of drug-likeness (QED) is 0.840. The van der Waals surface area contributed by atoms with Crippen LogP contribution in [0.2, 0.25) is 0 Å². The number of hydrogen-bond acceptors (Lipinski definition) is 5. The molecule has 2 aliphatic heterocycles. The number of likely N-dealkylation sites (tertiary alicyclic amines) is 1. The summed E-state index contributed by atoms with van der Waals surface area (Å²) in [6.45, 7) is 0.749. The van der Waals surface area contributed by atoms with Crippen molar-refractivity contribution in [2.45, 2.75) is 31.7 Å². The number of thiazole rings is 1. The number of hydrogen-bond donors (Lipinski definition) is 0. The van der Waals surface area contributed by atoms with Crippen molar-refractivity contribution in [3.05, 3.63) is 29.3 Å². The molecule has 2 atom stereocenters. The van der Waals surface area contributed by atoms with Crippen LogP contribution in [0.15, 0.2) is 24.3 Å². The highest BCUT2D eigenvalue weighted by atomic mass is 32.2. The van der Waals surface area contributed by atoms with Crippen molar-refractivity contribution in [1.29, 1.82) is 0 Å². The van der Waals surface area contributed by atoms with Crippen LogP contribution in [-0.4, -0.2) is 42.3 Å². The summed E-state index contributed by atoms with van der Waals surface area (Å²) in [6, 6.07) is 8.08. The van der Waals surface area contributed by atoms with Gasteiger partial charge in [-0.2, -0.15) is 0 Å². The lowest BCUT2D eigenvalue weighted by Crippen LogP contribution is -2.32. The summed E-state index contributed by atoms with van der Waals surface area (Å²) >= 11 is 1.66. The van der Waals surface area contributed by atoms with E-state index in [2.05, 4.69) is 6.07 Å². The summed E-state index contributed by atoms with van der Waals surface area (Å²) in [5.41, 5.74) is 0.985. The van der Waals surface area contributed by atoms with Crippen LogP contribution in [0, 0.1) is 5.92 Å². The van der Waals surface area contributed by atoms with E-state index in [0.717, 1.165) is 34.6 Å². The SMILES string of the molecule is O=C(C[C@@H]1CCS(=O)(=O)C1)N1CCC[C@H]1c1nc2ccccc2s1. The number of amides is 1. The Kier molecular flexibility index (Phi) is 4.08. The number of carbonyl (C=O) groups excluding carboxylic acids is 1. The standard InChI is InChI=1S/C17H20N2O3S2/c20-16(10-12-7-9-24(21,22)11-12)19-8-3-5-14(19)17-18-13-4-1-2-6-15(13)23-17/h1-2,4,6,12,14H,3,5,7-11H2/t12-,14-/m0/s1. The molecule has 2 saturated heterocycles. The van der Waals surface area contributed by atoms with Crippen molar-refractivity contribution in [2.24, 2.45) is 5.92 Å². The minimum absolute atomic E-state index is 0.0147. The molecule has 0 aliphatic carbocycles. The first kappa shape index (κ1) is 16.0.